The second kappa shape index (κ2) is 4.86. The lowest BCUT2D eigenvalue weighted by atomic mass is 9.87. The van der Waals surface area contributed by atoms with E-state index in [1.807, 2.05) is 4.90 Å². The van der Waals surface area contributed by atoms with Gasteiger partial charge in [-0.3, -0.25) is 4.79 Å². The van der Waals surface area contributed by atoms with E-state index < -0.39 is 0 Å². The summed E-state index contributed by atoms with van der Waals surface area (Å²) < 4.78 is 0. The Morgan fingerprint density at radius 3 is 2.31 bits per heavy atom. The van der Waals surface area contributed by atoms with Crippen molar-refractivity contribution < 1.29 is 4.79 Å². The SMILES string of the molecule is C=CCN(CC=C)C(=O)[C@@H]1C[C@H]2CC[C@@H]1C2. The molecule has 2 heteroatoms. The minimum atomic E-state index is 0.290. The molecule has 0 radical (unpaired) electrons. The zero-order valence-corrected chi connectivity index (χ0v) is 9.90. The van der Waals surface area contributed by atoms with Crippen LogP contribution in [-0.2, 0) is 4.79 Å². The van der Waals surface area contributed by atoms with Crippen molar-refractivity contribution in [1.82, 2.24) is 4.90 Å². The van der Waals surface area contributed by atoms with Crippen LogP contribution >= 0.6 is 0 Å². The molecule has 0 heterocycles. The molecule has 0 saturated heterocycles. The molecule has 0 spiro atoms. The topological polar surface area (TPSA) is 20.3 Å². The van der Waals surface area contributed by atoms with Crippen molar-refractivity contribution in [3.8, 4) is 0 Å². The fraction of sp³-hybridized carbons (Fsp3) is 0.643. The van der Waals surface area contributed by atoms with Gasteiger partial charge in [0.25, 0.3) is 0 Å². The van der Waals surface area contributed by atoms with Crippen LogP contribution in [0.5, 0.6) is 0 Å². The highest BCUT2D eigenvalue weighted by molar-refractivity contribution is 5.80. The second-order valence-electron chi connectivity index (χ2n) is 5.10. The van der Waals surface area contributed by atoms with Gasteiger partial charge in [0.2, 0.25) is 5.91 Å². The van der Waals surface area contributed by atoms with Crippen LogP contribution in [0.1, 0.15) is 25.7 Å². The summed E-state index contributed by atoms with van der Waals surface area (Å²) in [6.45, 7) is 8.73. The molecular formula is C14H21NO. The molecule has 2 aliphatic rings. The molecule has 2 fully saturated rings. The monoisotopic (exact) mass is 219 g/mol. The van der Waals surface area contributed by atoms with Gasteiger partial charge in [-0.25, -0.2) is 0 Å². The third kappa shape index (κ3) is 2.06. The average Bonchev–Trinajstić information content (AvgIpc) is 2.89. The summed E-state index contributed by atoms with van der Waals surface area (Å²) in [7, 11) is 0. The largest absolute Gasteiger partial charge is 0.335 e. The number of amides is 1. The maximum Gasteiger partial charge on any atom is 0.226 e. The van der Waals surface area contributed by atoms with Crippen LogP contribution in [0.25, 0.3) is 0 Å². The molecule has 0 N–H and O–H groups in total. The van der Waals surface area contributed by atoms with Crippen LogP contribution in [0.2, 0.25) is 0 Å². The summed E-state index contributed by atoms with van der Waals surface area (Å²) in [4.78, 5) is 14.2. The van der Waals surface area contributed by atoms with Crippen molar-refractivity contribution in [2.75, 3.05) is 13.1 Å². The highest BCUT2D eigenvalue weighted by atomic mass is 16.2. The Morgan fingerprint density at radius 1 is 1.19 bits per heavy atom. The molecule has 16 heavy (non-hydrogen) atoms. The lowest BCUT2D eigenvalue weighted by molar-refractivity contribution is -0.136. The van der Waals surface area contributed by atoms with Gasteiger partial charge in [0.05, 0.1) is 0 Å². The van der Waals surface area contributed by atoms with E-state index in [1.165, 1.54) is 19.3 Å². The van der Waals surface area contributed by atoms with Gasteiger partial charge in [0.15, 0.2) is 0 Å². The van der Waals surface area contributed by atoms with Crippen LogP contribution in [0.15, 0.2) is 25.3 Å². The minimum absolute atomic E-state index is 0.290. The number of carbonyl (C=O) groups excluding carboxylic acids is 1. The predicted molar refractivity (Wildman–Crippen MR) is 65.9 cm³/mol. The summed E-state index contributed by atoms with van der Waals surface area (Å²) in [6.07, 6.45) is 8.61. The Bertz CT molecular complexity index is 287. The van der Waals surface area contributed by atoms with Gasteiger partial charge in [-0.05, 0) is 31.1 Å². The Labute approximate surface area is 98.0 Å². The summed E-state index contributed by atoms with van der Waals surface area (Å²) in [6, 6.07) is 0. The van der Waals surface area contributed by atoms with Gasteiger partial charge in [-0.1, -0.05) is 18.6 Å². The summed E-state index contributed by atoms with van der Waals surface area (Å²) in [5.74, 6) is 2.11. The van der Waals surface area contributed by atoms with Gasteiger partial charge in [0.1, 0.15) is 0 Å². The summed E-state index contributed by atoms with van der Waals surface area (Å²) in [5, 5.41) is 0. The van der Waals surface area contributed by atoms with E-state index in [9.17, 15) is 4.79 Å². The van der Waals surface area contributed by atoms with E-state index in [0.29, 0.717) is 30.8 Å². The number of rotatable bonds is 5. The first-order valence-corrected chi connectivity index (χ1v) is 6.26. The lowest BCUT2D eigenvalue weighted by Gasteiger charge is -2.27. The van der Waals surface area contributed by atoms with E-state index in [-0.39, 0.29) is 0 Å². The van der Waals surface area contributed by atoms with Crippen LogP contribution in [0, 0.1) is 17.8 Å². The number of hydrogen-bond donors (Lipinski definition) is 0. The van der Waals surface area contributed by atoms with Crippen LogP contribution in [-0.4, -0.2) is 23.9 Å². The smallest absolute Gasteiger partial charge is 0.226 e. The Balaban J connectivity index is 1.99. The first-order chi connectivity index (χ1) is 7.76. The Morgan fingerprint density at radius 2 is 1.88 bits per heavy atom. The van der Waals surface area contributed by atoms with E-state index >= 15 is 0 Å². The molecule has 0 aromatic heterocycles. The molecule has 0 aliphatic heterocycles. The van der Waals surface area contributed by atoms with Crippen LogP contribution < -0.4 is 0 Å². The van der Waals surface area contributed by atoms with Gasteiger partial charge in [-0.15, -0.1) is 13.2 Å². The molecule has 0 unspecified atom stereocenters. The maximum atomic E-state index is 12.3. The number of hydrogen-bond acceptors (Lipinski definition) is 1. The number of nitrogens with zero attached hydrogens (tertiary/aromatic N) is 1. The highest BCUT2D eigenvalue weighted by Crippen LogP contribution is 2.48. The average molecular weight is 219 g/mol. The molecule has 0 aromatic rings. The fourth-order valence-electron chi connectivity index (χ4n) is 3.35. The first-order valence-electron chi connectivity index (χ1n) is 6.26. The molecule has 2 aliphatic carbocycles. The standard InChI is InChI=1S/C14H21NO/c1-3-7-15(8-4-2)14(16)13-10-11-5-6-12(13)9-11/h3-4,11-13H,1-2,5-10H2/t11-,12+,13+/m0/s1. The van der Waals surface area contributed by atoms with Crippen LogP contribution in [0.3, 0.4) is 0 Å². The van der Waals surface area contributed by atoms with E-state index in [1.54, 1.807) is 12.2 Å². The van der Waals surface area contributed by atoms with Crippen molar-refractivity contribution in [2.45, 2.75) is 25.7 Å². The minimum Gasteiger partial charge on any atom is -0.335 e. The molecule has 2 bridgehead atoms. The molecule has 2 nitrogen and oxygen atoms in total. The number of carbonyl (C=O) groups is 1. The maximum absolute atomic E-state index is 12.3. The third-order valence-corrected chi connectivity index (χ3v) is 4.07. The summed E-state index contributed by atoms with van der Waals surface area (Å²) >= 11 is 0. The normalized spacial score (nSPS) is 31.4. The van der Waals surface area contributed by atoms with Crippen LogP contribution in [0.4, 0.5) is 0 Å². The van der Waals surface area contributed by atoms with Gasteiger partial charge < -0.3 is 4.90 Å². The lowest BCUT2D eigenvalue weighted by Crippen LogP contribution is -2.38. The molecule has 0 aromatic carbocycles. The number of fused-ring (bicyclic) bond motifs is 2. The van der Waals surface area contributed by atoms with Crippen molar-refractivity contribution in [3.63, 3.8) is 0 Å². The fourth-order valence-corrected chi connectivity index (χ4v) is 3.35. The Kier molecular flexibility index (Phi) is 3.47. The zero-order chi connectivity index (χ0) is 11.5. The third-order valence-electron chi connectivity index (χ3n) is 4.07. The van der Waals surface area contributed by atoms with Gasteiger partial charge >= 0.3 is 0 Å². The summed E-state index contributed by atoms with van der Waals surface area (Å²) in [5.41, 5.74) is 0. The molecule has 2 saturated carbocycles. The van der Waals surface area contributed by atoms with Gasteiger partial charge in [0, 0.05) is 19.0 Å². The molecule has 3 atom stereocenters. The zero-order valence-electron chi connectivity index (χ0n) is 9.90. The molecule has 88 valence electrons. The van der Waals surface area contributed by atoms with Crippen molar-refractivity contribution >= 4 is 5.91 Å². The molecular weight excluding hydrogens is 198 g/mol. The first kappa shape index (κ1) is 11.4. The highest BCUT2D eigenvalue weighted by Gasteiger charge is 2.44. The van der Waals surface area contributed by atoms with Crippen molar-refractivity contribution in [3.05, 3.63) is 25.3 Å². The predicted octanol–water partition coefficient (Wildman–Crippen LogP) is 2.62. The van der Waals surface area contributed by atoms with E-state index in [4.69, 9.17) is 0 Å². The second-order valence-corrected chi connectivity index (χ2v) is 5.10. The van der Waals surface area contributed by atoms with Crippen molar-refractivity contribution in [1.29, 1.82) is 0 Å². The van der Waals surface area contributed by atoms with Gasteiger partial charge in [-0.2, -0.15) is 0 Å². The molecule has 1 amide bonds. The van der Waals surface area contributed by atoms with Crippen molar-refractivity contribution in [2.24, 2.45) is 17.8 Å². The molecule has 2 rings (SSSR count). The van der Waals surface area contributed by atoms with E-state index in [0.717, 1.165) is 12.3 Å². The van der Waals surface area contributed by atoms with E-state index in [2.05, 4.69) is 13.2 Å². The quantitative estimate of drug-likeness (QED) is 0.651. The Hall–Kier alpha value is -1.05.